The maximum atomic E-state index is 12.4. The van der Waals surface area contributed by atoms with E-state index in [0.717, 1.165) is 64.2 Å². The molecule has 0 bridgehead atoms. The Kier molecular flexibility index (Phi) is 33.8. The van der Waals surface area contributed by atoms with Crippen LogP contribution in [0.25, 0.3) is 0 Å². The average molecular weight is 699 g/mol. The summed E-state index contributed by atoms with van der Waals surface area (Å²) in [4.78, 5) is 42.7. The third-order valence-corrected chi connectivity index (χ3v) is 8.62. The van der Waals surface area contributed by atoms with Crippen LogP contribution in [0.5, 0.6) is 0 Å². The number of hydrogen-bond donors (Lipinski definition) is 2. The van der Waals surface area contributed by atoms with Gasteiger partial charge in [0.2, 0.25) is 0 Å². The normalized spacial score (nSPS) is 12.8. The van der Waals surface area contributed by atoms with Crippen molar-refractivity contribution < 1.29 is 37.9 Å². The van der Waals surface area contributed by atoms with Crippen LogP contribution in [0.1, 0.15) is 181 Å². The first-order chi connectivity index (χ1) is 23.3. The lowest BCUT2D eigenvalue weighted by atomic mass is 10.1. The third-order valence-electron chi connectivity index (χ3n) is 8.13. The Labute approximate surface area is 293 Å². The third kappa shape index (κ3) is 37.1. The molecule has 0 fully saturated rings. The van der Waals surface area contributed by atoms with E-state index in [2.05, 4.69) is 54.8 Å². The van der Waals surface area contributed by atoms with Crippen molar-refractivity contribution in [2.24, 2.45) is 0 Å². The zero-order valence-corrected chi connectivity index (χ0v) is 31.5. The van der Waals surface area contributed by atoms with E-state index >= 15 is 0 Å². The van der Waals surface area contributed by atoms with E-state index < -0.39 is 32.5 Å². The predicted molar refractivity (Wildman–Crippen MR) is 198 cm³/mol. The van der Waals surface area contributed by atoms with Gasteiger partial charge in [-0.25, -0.2) is 4.57 Å². The highest BCUT2D eigenvalue weighted by atomic mass is 31.2. The van der Waals surface area contributed by atoms with Crippen LogP contribution < -0.4 is 0 Å². The SMILES string of the molecule is CCCCC/C=C\C/C=C\CCCCCCCCCC(=O)O[C@H](COC(=O)CCCCCCC/C=C\CCCCCC)COP(=O)(O)O. The maximum absolute atomic E-state index is 12.4. The minimum Gasteiger partial charge on any atom is -0.462 e. The second-order valence-corrected chi connectivity index (χ2v) is 14.1. The molecule has 0 amide bonds. The molecule has 0 aliphatic heterocycles. The van der Waals surface area contributed by atoms with Crippen molar-refractivity contribution in [2.45, 2.75) is 187 Å². The monoisotopic (exact) mass is 698 g/mol. The number of allylic oxidation sites excluding steroid dienone is 6. The van der Waals surface area contributed by atoms with Gasteiger partial charge in [-0.05, 0) is 70.6 Å². The van der Waals surface area contributed by atoms with Crippen LogP contribution in [0.3, 0.4) is 0 Å². The molecule has 0 aliphatic carbocycles. The van der Waals surface area contributed by atoms with Crippen LogP contribution in [0, 0.1) is 0 Å². The van der Waals surface area contributed by atoms with Crippen LogP contribution in [-0.2, 0) is 28.2 Å². The highest BCUT2D eigenvalue weighted by molar-refractivity contribution is 7.46. The van der Waals surface area contributed by atoms with Crippen molar-refractivity contribution >= 4 is 19.8 Å². The van der Waals surface area contributed by atoms with E-state index in [4.69, 9.17) is 19.3 Å². The number of carbonyl (C=O) groups is 2. The van der Waals surface area contributed by atoms with Crippen molar-refractivity contribution in [1.29, 1.82) is 0 Å². The fourth-order valence-electron chi connectivity index (χ4n) is 5.22. The molecule has 0 aromatic carbocycles. The van der Waals surface area contributed by atoms with Crippen molar-refractivity contribution in [1.82, 2.24) is 0 Å². The molecule has 0 unspecified atom stereocenters. The molecule has 0 heterocycles. The van der Waals surface area contributed by atoms with Crippen LogP contribution >= 0.6 is 7.82 Å². The number of phosphoric ester groups is 1. The summed E-state index contributed by atoms with van der Waals surface area (Å²) >= 11 is 0. The van der Waals surface area contributed by atoms with Crippen molar-refractivity contribution in [2.75, 3.05) is 13.2 Å². The van der Waals surface area contributed by atoms with Gasteiger partial charge in [-0.2, -0.15) is 0 Å². The molecular weight excluding hydrogens is 627 g/mol. The molecule has 48 heavy (non-hydrogen) atoms. The average Bonchev–Trinajstić information content (AvgIpc) is 3.05. The molecule has 0 spiro atoms. The molecule has 0 aromatic heterocycles. The number of hydrogen-bond acceptors (Lipinski definition) is 6. The molecule has 0 aromatic rings. The van der Waals surface area contributed by atoms with Crippen LogP contribution in [0.15, 0.2) is 36.5 Å². The van der Waals surface area contributed by atoms with Gasteiger partial charge in [0.1, 0.15) is 6.61 Å². The zero-order chi connectivity index (χ0) is 35.4. The van der Waals surface area contributed by atoms with E-state index in [-0.39, 0.29) is 19.4 Å². The first-order valence-corrected chi connectivity index (χ1v) is 20.8. The van der Waals surface area contributed by atoms with E-state index in [9.17, 15) is 14.2 Å². The summed E-state index contributed by atoms with van der Waals surface area (Å²) in [6.45, 7) is 3.62. The van der Waals surface area contributed by atoms with Crippen LogP contribution in [0.2, 0.25) is 0 Å². The lowest BCUT2D eigenvalue weighted by Gasteiger charge is -2.18. The predicted octanol–water partition coefficient (Wildman–Crippen LogP) is 11.4. The summed E-state index contributed by atoms with van der Waals surface area (Å²) in [7, 11) is -4.75. The van der Waals surface area contributed by atoms with Gasteiger partial charge in [0, 0.05) is 12.8 Å². The Balaban J connectivity index is 3.98. The second-order valence-electron chi connectivity index (χ2n) is 12.9. The molecule has 0 rings (SSSR count). The smallest absolute Gasteiger partial charge is 0.462 e. The van der Waals surface area contributed by atoms with Gasteiger partial charge in [0.05, 0.1) is 6.61 Å². The largest absolute Gasteiger partial charge is 0.469 e. The molecule has 8 nitrogen and oxygen atoms in total. The molecular formula is C39H71O8P. The van der Waals surface area contributed by atoms with E-state index in [1.165, 1.54) is 77.0 Å². The fourth-order valence-corrected chi connectivity index (χ4v) is 5.58. The van der Waals surface area contributed by atoms with Gasteiger partial charge < -0.3 is 19.3 Å². The standard InChI is InChI=1S/C39H71O8P/c1-3-5-7-9-11-13-15-17-18-19-20-22-24-26-28-30-32-34-39(41)47-37(36-46-48(42,43)44)35-45-38(40)33-31-29-27-25-23-21-16-14-12-10-8-6-4-2/h11,13-14,16-18,37H,3-10,12,15,19-36H2,1-2H3,(H2,42,43,44)/b13-11-,16-14-,18-17-/t37-/m1/s1. The quantitative estimate of drug-likeness (QED) is 0.0290. The van der Waals surface area contributed by atoms with E-state index in [0.29, 0.717) is 12.8 Å². The van der Waals surface area contributed by atoms with Crippen LogP contribution in [-0.4, -0.2) is 41.0 Å². The van der Waals surface area contributed by atoms with Gasteiger partial charge in [-0.15, -0.1) is 0 Å². The van der Waals surface area contributed by atoms with Gasteiger partial charge in [-0.3, -0.25) is 14.1 Å². The van der Waals surface area contributed by atoms with Gasteiger partial charge in [0.15, 0.2) is 6.10 Å². The molecule has 0 saturated carbocycles. The Morgan fingerprint density at radius 3 is 1.44 bits per heavy atom. The number of esters is 2. The minimum atomic E-state index is -4.75. The topological polar surface area (TPSA) is 119 Å². The Morgan fingerprint density at radius 1 is 0.542 bits per heavy atom. The number of phosphoric acid groups is 1. The van der Waals surface area contributed by atoms with Crippen molar-refractivity contribution in [3.05, 3.63) is 36.5 Å². The summed E-state index contributed by atoms with van der Waals surface area (Å²) in [6.07, 6.45) is 40.0. The number of carbonyl (C=O) groups excluding carboxylic acids is 2. The fraction of sp³-hybridized carbons (Fsp3) is 0.795. The maximum Gasteiger partial charge on any atom is 0.469 e. The molecule has 280 valence electrons. The Morgan fingerprint density at radius 2 is 0.938 bits per heavy atom. The number of ether oxygens (including phenoxy) is 2. The summed E-state index contributed by atoms with van der Waals surface area (Å²) < 4.78 is 26.3. The lowest BCUT2D eigenvalue weighted by Crippen LogP contribution is -2.29. The highest BCUT2D eigenvalue weighted by Gasteiger charge is 2.22. The minimum absolute atomic E-state index is 0.201. The van der Waals surface area contributed by atoms with Crippen molar-refractivity contribution in [3.8, 4) is 0 Å². The zero-order valence-electron chi connectivity index (χ0n) is 30.6. The van der Waals surface area contributed by atoms with Crippen molar-refractivity contribution in [3.63, 3.8) is 0 Å². The Hall–Kier alpha value is -1.73. The summed E-state index contributed by atoms with van der Waals surface area (Å²) in [5.74, 6) is -0.904. The number of unbranched alkanes of at least 4 members (excludes halogenated alkanes) is 19. The van der Waals surface area contributed by atoms with Crippen LogP contribution in [0.4, 0.5) is 0 Å². The number of rotatable bonds is 35. The second kappa shape index (κ2) is 35.1. The van der Waals surface area contributed by atoms with Gasteiger partial charge in [-0.1, -0.05) is 134 Å². The van der Waals surface area contributed by atoms with E-state index in [1.807, 2.05) is 0 Å². The lowest BCUT2D eigenvalue weighted by molar-refractivity contribution is -0.161. The molecule has 1 atom stereocenters. The van der Waals surface area contributed by atoms with Gasteiger partial charge in [0.25, 0.3) is 0 Å². The molecule has 9 heteroatoms. The molecule has 0 radical (unpaired) electrons. The van der Waals surface area contributed by atoms with E-state index in [1.54, 1.807) is 0 Å². The summed E-state index contributed by atoms with van der Waals surface area (Å²) in [6, 6.07) is 0. The van der Waals surface area contributed by atoms with Gasteiger partial charge >= 0.3 is 19.8 Å². The summed E-state index contributed by atoms with van der Waals surface area (Å²) in [5, 5.41) is 0. The molecule has 2 N–H and O–H groups in total. The molecule has 0 aliphatic rings. The molecule has 0 saturated heterocycles. The first-order valence-electron chi connectivity index (χ1n) is 19.3. The summed E-state index contributed by atoms with van der Waals surface area (Å²) in [5.41, 5.74) is 0. The Bertz CT molecular complexity index is 879. The first kappa shape index (κ1) is 46.3. The highest BCUT2D eigenvalue weighted by Crippen LogP contribution is 2.36.